The molecule has 2 heterocycles. The molecule has 0 bridgehead atoms. The zero-order valence-corrected chi connectivity index (χ0v) is 11.8. The van der Waals surface area contributed by atoms with E-state index in [1.54, 1.807) is 11.0 Å². The molecule has 0 radical (unpaired) electrons. The van der Waals surface area contributed by atoms with Crippen LogP contribution in [0.3, 0.4) is 0 Å². The van der Waals surface area contributed by atoms with E-state index < -0.39 is 0 Å². The standard InChI is InChI=1S/C13H21N5O2/c1-2-3-10-20-13(19)18-8-6-17(7-9-18)12-5-4-11(14)15-16-12/h4-5H,2-3,6-10H2,1H3,(H2,14,15). The van der Waals surface area contributed by atoms with Gasteiger partial charge in [-0.15, -0.1) is 10.2 Å². The number of hydrogen-bond acceptors (Lipinski definition) is 6. The number of rotatable bonds is 4. The number of carbonyl (C=O) groups is 1. The molecule has 0 unspecified atom stereocenters. The van der Waals surface area contributed by atoms with Crippen LogP contribution in [0.25, 0.3) is 0 Å². The lowest BCUT2D eigenvalue weighted by atomic mass is 10.3. The molecule has 7 nitrogen and oxygen atoms in total. The Morgan fingerprint density at radius 3 is 2.65 bits per heavy atom. The van der Waals surface area contributed by atoms with E-state index in [9.17, 15) is 4.79 Å². The Bertz CT molecular complexity index is 429. The SMILES string of the molecule is CCCCOC(=O)N1CCN(c2ccc(N)nn2)CC1. The van der Waals surface area contributed by atoms with Gasteiger partial charge in [-0.3, -0.25) is 0 Å². The first-order chi connectivity index (χ1) is 9.70. The van der Waals surface area contributed by atoms with E-state index in [1.165, 1.54) is 0 Å². The van der Waals surface area contributed by atoms with Gasteiger partial charge in [0.15, 0.2) is 5.82 Å². The van der Waals surface area contributed by atoms with Gasteiger partial charge in [-0.05, 0) is 18.6 Å². The largest absolute Gasteiger partial charge is 0.449 e. The lowest BCUT2D eigenvalue weighted by Gasteiger charge is -2.34. The number of nitrogens with zero attached hydrogens (tertiary/aromatic N) is 4. The first-order valence-electron chi connectivity index (χ1n) is 6.96. The summed E-state index contributed by atoms with van der Waals surface area (Å²) in [6, 6.07) is 3.57. The molecule has 20 heavy (non-hydrogen) atoms. The summed E-state index contributed by atoms with van der Waals surface area (Å²) in [5.74, 6) is 1.20. The Hall–Kier alpha value is -2.05. The van der Waals surface area contributed by atoms with Crippen molar-refractivity contribution in [1.29, 1.82) is 0 Å². The summed E-state index contributed by atoms with van der Waals surface area (Å²) in [5, 5.41) is 7.89. The minimum Gasteiger partial charge on any atom is -0.449 e. The molecule has 0 saturated carbocycles. The van der Waals surface area contributed by atoms with Gasteiger partial charge >= 0.3 is 6.09 Å². The van der Waals surface area contributed by atoms with E-state index in [2.05, 4.69) is 22.0 Å². The van der Waals surface area contributed by atoms with E-state index in [0.29, 0.717) is 25.5 Å². The van der Waals surface area contributed by atoms with Crippen molar-refractivity contribution in [3.8, 4) is 0 Å². The highest BCUT2D eigenvalue weighted by Crippen LogP contribution is 2.13. The van der Waals surface area contributed by atoms with Gasteiger partial charge in [0.25, 0.3) is 0 Å². The molecule has 1 aromatic heterocycles. The van der Waals surface area contributed by atoms with E-state index in [0.717, 1.165) is 31.7 Å². The maximum absolute atomic E-state index is 11.8. The van der Waals surface area contributed by atoms with Crippen LogP contribution in [-0.4, -0.2) is 54.0 Å². The summed E-state index contributed by atoms with van der Waals surface area (Å²) in [6.45, 7) is 5.29. The average Bonchev–Trinajstić information content (AvgIpc) is 2.48. The number of nitrogen functional groups attached to an aromatic ring is 1. The predicted molar refractivity (Wildman–Crippen MR) is 76.5 cm³/mol. The highest BCUT2D eigenvalue weighted by molar-refractivity contribution is 5.68. The Labute approximate surface area is 118 Å². The maximum atomic E-state index is 11.8. The quantitative estimate of drug-likeness (QED) is 0.831. The highest BCUT2D eigenvalue weighted by atomic mass is 16.6. The fraction of sp³-hybridized carbons (Fsp3) is 0.615. The van der Waals surface area contributed by atoms with Crippen LogP contribution in [0.1, 0.15) is 19.8 Å². The van der Waals surface area contributed by atoms with Crippen LogP contribution in [0, 0.1) is 0 Å². The first kappa shape index (κ1) is 14.4. The number of amides is 1. The van der Waals surface area contributed by atoms with Gasteiger partial charge in [-0.25, -0.2) is 4.79 Å². The molecular weight excluding hydrogens is 258 g/mol. The number of anilines is 2. The summed E-state index contributed by atoms with van der Waals surface area (Å²) in [5.41, 5.74) is 5.51. The zero-order valence-electron chi connectivity index (χ0n) is 11.8. The van der Waals surface area contributed by atoms with Gasteiger partial charge in [0, 0.05) is 26.2 Å². The molecule has 110 valence electrons. The molecule has 7 heteroatoms. The lowest BCUT2D eigenvalue weighted by Crippen LogP contribution is -2.49. The van der Waals surface area contributed by atoms with Crippen molar-refractivity contribution < 1.29 is 9.53 Å². The summed E-state index contributed by atoms with van der Waals surface area (Å²) >= 11 is 0. The Kier molecular flexibility index (Phi) is 4.97. The van der Waals surface area contributed by atoms with Crippen molar-refractivity contribution >= 4 is 17.7 Å². The zero-order chi connectivity index (χ0) is 14.4. The third kappa shape index (κ3) is 3.72. The number of unbranched alkanes of at least 4 members (excludes halogenated alkanes) is 1. The van der Waals surface area contributed by atoms with Crippen LogP contribution in [-0.2, 0) is 4.74 Å². The van der Waals surface area contributed by atoms with Gasteiger partial charge in [0.05, 0.1) is 6.61 Å². The number of carbonyl (C=O) groups excluding carboxylic acids is 1. The molecule has 1 aromatic rings. The van der Waals surface area contributed by atoms with E-state index in [-0.39, 0.29) is 6.09 Å². The second kappa shape index (κ2) is 6.93. The van der Waals surface area contributed by atoms with Crippen LogP contribution in [0.4, 0.5) is 16.4 Å². The molecule has 2 rings (SSSR count). The van der Waals surface area contributed by atoms with Gasteiger partial charge in [-0.1, -0.05) is 13.3 Å². The monoisotopic (exact) mass is 279 g/mol. The van der Waals surface area contributed by atoms with Crippen LogP contribution in [0.2, 0.25) is 0 Å². The molecule has 0 aromatic carbocycles. The van der Waals surface area contributed by atoms with Gasteiger partial charge < -0.3 is 20.3 Å². The Morgan fingerprint density at radius 2 is 2.05 bits per heavy atom. The minimum atomic E-state index is -0.221. The maximum Gasteiger partial charge on any atom is 0.409 e. The van der Waals surface area contributed by atoms with Gasteiger partial charge in [0.2, 0.25) is 0 Å². The summed E-state index contributed by atoms with van der Waals surface area (Å²) in [6.07, 6.45) is 1.71. The molecule has 0 spiro atoms. The lowest BCUT2D eigenvalue weighted by molar-refractivity contribution is 0.0989. The Morgan fingerprint density at radius 1 is 1.30 bits per heavy atom. The smallest absolute Gasteiger partial charge is 0.409 e. The van der Waals surface area contributed by atoms with E-state index in [1.807, 2.05) is 6.07 Å². The summed E-state index contributed by atoms with van der Waals surface area (Å²) in [7, 11) is 0. The van der Waals surface area contributed by atoms with E-state index >= 15 is 0 Å². The molecule has 1 fully saturated rings. The van der Waals surface area contributed by atoms with Crippen molar-refractivity contribution in [1.82, 2.24) is 15.1 Å². The van der Waals surface area contributed by atoms with E-state index in [4.69, 9.17) is 10.5 Å². The number of hydrogen-bond donors (Lipinski definition) is 1. The molecule has 1 aliphatic heterocycles. The van der Waals surface area contributed by atoms with Crippen LogP contribution >= 0.6 is 0 Å². The van der Waals surface area contributed by atoms with Gasteiger partial charge in [0.1, 0.15) is 5.82 Å². The van der Waals surface area contributed by atoms with Crippen molar-refractivity contribution in [3.05, 3.63) is 12.1 Å². The predicted octanol–water partition coefficient (Wildman–Crippen LogP) is 1.12. The Balaban J connectivity index is 1.80. The topological polar surface area (TPSA) is 84.6 Å². The number of nitrogens with two attached hydrogens (primary N) is 1. The minimum absolute atomic E-state index is 0.221. The second-order valence-electron chi connectivity index (χ2n) is 4.76. The third-order valence-corrected chi connectivity index (χ3v) is 3.26. The molecule has 0 atom stereocenters. The molecule has 1 amide bonds. The normalized spacial score (nSPS) is 15.2. The molecule has 0 aliphatic carbocycles. The molecule has 1 aliphatic rings. The van der Waals surface area contributed by atoms with Crippen LogP contribution < -0.4 is 10.6 Å². The van der Waals surface area contributed by atoms with Crippen LogP contribution in [0.5, 0.6) is 0 Å². The fourth-order valence-electron chi connectivity index (χ4n) is 2.02. The molecular formula is C13H21N5O2. The number of aromatic nitrogens is 2. The molecule has 2 N–H and O–H groups in total. The molecule has 1 saturated heterocycles. The van der Waals surface area contributed by atoms with Gasteiger partial charge in [-0.2, -0.15) is 0 Å². The highest BCUT2D eigenvalue weighted by Gasteiger charge is 2.22. The third-order valence-electron chi connectivity index (χ3n) is 3.26. The average molecular weight is 279 g/mol. The van der Waals surface area contributed by atoms with Crippen molar-refractivity contribution in [3.63, 3.8) is 0 Å². The second-order valence-corrected chi connectivity index (χ2v) is 4.76. The van der Waals surface area contributed by atoms with Crippen molar-refractivity contribution in [2.45, 2.75) is 19.8 Å². The fourth-order valence-corrected chi connectivity index (χ4v) is 2.02. The first-order valence-corrected chi connectivity index (χ1v) is 6.96. The van der Waals surface area contributed by atoms with Crippen molar-refractivity contribution in [2.75, 3.05) is 43.4 Å². The van der Waals surface area contributed by atoms with Crippen LogP contribution in [0.15, 0.2) is 12.1 Å². The number of piperazine rings is 1. The van der Waals surface area contributed by atoms with Crippen molar-refractivity contribution in [2.24, 2.45) is 0 Å². The summed E-state index contributed by atoms with van der Waals surface area (Å²) in [4.78, 5) is 15.6. The number of ether oxygens (including phenoxy) is 1. The summed E-state index contributed by atoms with van der Waals surface area (Å²) < 4.78 is 5.20.